The molecule has 0 atom stereocenters. The topological polar surface area (TPSA) is 67.4 Å². The normalized spacial score (nSPS) is 11.2. The molecule has 1 amide bonds. The molecule has 3 aromatic heterocycles. The van der Waals surface area contributed by atoms with Gasteiger partial charge in [0.15, 0.2) is 0 Å². The number of hydrogen-bond acceptors (Lipinski definition) is 5. The fraction of sp³-hybridized carbons (Fsp3) is 0.233. The molecule has 38 heavy (non-hydrogen) atoms. The highest BCUT2D eigenvalue weighted by molar-refractivity contribution is 5.94. The van der Waals surface area contributed by atoms with E-state index >= 15 is 0 Å². The fourth-order valence-electron chi connectivity index (χ4n) is 4.62. The lowest BCUT2D eigenvalue weighted by Crippen LogP contribution is -2.31. The van der Waals surface area contributed by atoms with E-state index in [1.165, 1.54) is 12.1 Å². The molecule has 0 bridgehead atoms. The summed E-state index contributed by atoms with van der Waals surface area (Å²) in [4.78, 5) is 22.1. The number of furan rings is 1. The number of nitrogens with zero attached hydrogens (tertiary/aromatic N) is 5. The molecule has 3 heterocycles. The van der Waals surface area contributed by atoms with Gasteiger partial charge in [-0.25, -0.2) is 9.37 Å². The minimum atomic E-state index is -0.335. The monoisotopic (exact) mass is 511 g/mol. The number of aromatic nitrogens is 3. The van der Waals surface area contributed by atoms with Gasteiger partial charge in [-0.2, -0.15) is 5.10 Å². The van der Waals surface area contributed by atoms with Crippen LogP contribution in [0.4, 0.5) is 10.2 Å². The lowest BCUT2D eigenvalue weighted by molar-refractivity contribution is 0.0718. The second kappa shape index (κ2) is 10.5. The molecule has 5 aromatic rings. The maximum atomic E-state index is 13.8. The zero-order valence-corrected chi connectivity index (χ0v) is 22.0. The molecule has 0 spiro atoms. The Hall–Kier alpha value is -4.46. The number of aryl methyl sites for hydroxylation is 2. The first-order valence-electron chi connectivity index (χ1n) is 12.4. The Morgan fingerprint density at radius 1 is 1.00 bits per heavy atom. The average molecular weight is 512 g/mol. The van der Waals surface area contributed by atoms with E-state index in [2.05, 4.69) is 5.10 Å². The van der Waals surface area contributed by atoms with Gasteiger partial charge in [-0.15, -0.1) is 0 Å². The summed E-state index contributed by atoms with van der Waals surface area (Å²) in [6, 6.07) is 19.9. The molecular formula is C30H30FN5O2. The van der Waals surface area contributed by atoms with E-state index in [0.29, 0.717) is 42.3 Å². The fourth-order valence-corrected chi connectivity index (χ4v) is 4.62. The second-order valence-electron chi connectivity index (χ2n) is 9.72. The number of anilines is 1. The number of carbonyl (C=O) groups excluding carboxylic acids is 1. The van der Waals surface area contributed by atoms with Crippen LogP contribution in [-0.2, 0) is 19.6 Å². The molecule has 0 aliphatic carbocycles. The summed E-state index contributed by atoms with van der Waals surface area (Å²) in [5, 5.41) is 5.34. The first kappa shape index (κ1) is 25.2. The van der Waals surface area contributed by atoms with E-state index in [0.717, 1.165) is 27.9 Å². The van der Waals surface area contributed by atoms with Gasteiger partial charge in [-0.05, 0) is 67.9 Å². The molecule has 5 rings (SSSR count). The molecule has 0 radical (unpaired) electrons. The number of fused-ring (bicyclic) bond motifs is 1. The van der Waals surface area contributed by atoms with Crippen molar-refractivity contribution in [1.82, 2.24) is 19.7 Å². The molecule has 7 nitrogen and oxygen atoms in total. The summed E-state index contributed by atoms with van der Waals surface area (Å²) in [6.07, 6.45) is 1.60. The van der Waals surface area contributed by atoms with Crippen LogP contribution in [0.1, 0.15) is 38.6 Å². The number of hydrogen-bond donors (Lipinski definition) is 0. The van der Waals surface area contributed by atoms with Crippen LogP contribution < -0.4 is 4.90 Å². The highest BCUT2D eigenvalue weighted by Gasteiger charge is 2.21. The summed E-state index contributed by atoms with van der Waals surface area (Å²) in [5.74, 6) is 0.906. The molecule has 0 saturated carbocycles. The Kier molecular flexibility index (Phi) is 6.96. The molecule has 194 valence electrons. The Morgan fingerprint density at radius 2 is 1.79 bits per heavy atom. The van der Waals surface area contributed by atoms with Crippen LogP contribution in [0.25, 0.3) is 10.9 Å². The van der Waals surface area contributed by atoms with Gasteiger partial charge < -0.3 is 14.2 Å². The molecular weight excluding hydrogens is 481 g/mol. The van der Waals surface area contributed by atoms with Crippen LogP contribution in [0, 0.1) is 19.7 Å². The average Bonchev–Trinajstić information content (AvgIpc) is 3.51. The molecule has 0 N–H and O–H groups in total. The summed E-state index contributed by atoms with van der Waals surface area (Å²) >= 11 is 0. The van der Waals surface area contributed by atoms with Crippen molar-refractivity contribution in [2.45, 2.75) is 33.5 Å². The first-order valence-corrected chi connectivity index (χ1v) is 12.4. The molecule has 0 aliphatic rings. The molecule has 2 aromatic carbocycles. The quantitative estimate of drug-likeness (QED) is 0.266. The van der Waals surface area contributed by atoms with Gasteiger partial charge >= 0.3 is 0 Å². The van der Waals surface area contributed by atoms with Crippen LogP contribution in [0.5, 0.6) is 0 Å². The standard InChI is InChI=1S/C30H30FN5O2/c1-20-14-21(2)36(33-20)17-22-7-9-23(10-8-22)30(37)35(19-27-6-5-13-38-27)18-25-15-24-11-12-26(31)16-28(24)32-29(25)34(3)4/h5-16H,17-19H2,1-4H3. The van der Waals surface area contributed by atoms with Gasteiger partial charge in [0.25, 0.3) is 5.91 Å². The van der Waals surface area contributed by atoms with Crippen LogP contribution >= 0.6 is 0 Å². The highest BCUT2D eigenvalue weighted by Crippen LogP contribution is 2.26. The van der Waals surface area contributed by atoms with E-state index in [-0.39, 0.29) is 11.7 Å². The number of benzene rings is 2. The van der Waals surface area contributed by atoms with E-state index in [1.54, 1.807) is 17.2 Å². The van der Waals surface area contributed by atoms with Gasteiger partial charge in [-0.1, -0.05) is 12.1 Å². The van der Waals surface area contributed by atoms with Crippen LogP contribution in [0.2, 0.25) is 0 Å². The predicted octanol–water partition coefficient (Wildman–Crippen LogP) is 5.74. The molecule has 8 heteroatoms. The number of pyridine rings is 1. The van der Waals surface area contributed by atoms with Crippen molar-refractivity contribution in [2.24, 2.45) is 0 Å². The van der Waals surface area contributed by atoms with Crippen LogP contribution in [0.15, 0.2) is 77.4 Å². The smallest absolute Gasteiger partial charge is 0.254 e. The Bertz CT molecular complexity index is 1570. The third-order valence-corrected chi connectivity index (χ3v) is 6.47. The van der Waals surface area contributed by atoms with E-state index in [4.69, 9.17) is 9.40 Å². The summed E-state index contributed by atoms with van der Waals surface area (Å²) in [5.41, 5.74) is 5.14. The maximum absolute atomic E-state index is 13.8. The third-order valence-electron chi connectivity index (χ3n) is 6.47. The molecule has 0 unspecified atom stereocenters. The summed E-state index contributed by atoms with van der Waals surface area (Å²) < 4.78 is 21.4. The summed E-state index contributed by atoms with van der Waals surface area (Å²) in [7, 11) is 3.77. The number of amides is 1. The minimum Gasteiger partial charge on any atom is -0.467 e. The zero-order valence-electron chi connectivity index (χ0n) is 22.0. The van der Waals surface area contributed by atoms with Crippen LogP contribution in [0.3, 0.4) is 0 Å². The first-order chi connectivity index (χ1) is 18.3. The van der Waals surface area contributed by atoms with Crippen molar-refractivity contribution >= 4 is 22.6 Å². The number of carbonyl (C=O) groups is 1. The van der Waals surface area contributed by atoms with E-state index in [9.17, 15) is 9.18 Å². The van der Waals surface area contributed by atoms with Crippen LogP contribution in [-0.4, -0.2) is 39.7 Å². The summed E-state index contributed by atoms with van der Waals surface area (Å²) in [6.45, 7) is 5.25. The zero-order chi connectivity index (χ0) is 26.8. The molecule has 0 saturated heterocycles. The molecule has 0 fully saturated rings. The largest absolute Gasteiger partial charge is 0.467 e. The maximum Gasteiger partial charge on any atom is 0.254 e. The van der Waals surface area contributed by atoms with Gasteiger partial charge in [0.2, 0.25) is 0 Å². The van der Waals surface area contributed by atoms with Crippen molar-refractivity contribution < 1.29 is 13.6 Å². The van der Waals surface area contributed by atoms with Crippen molar-refractivity contribution in [3.8, 4) is 0 Å². The van der Waals surface area contributed by atoms with Crippen molar-refractivity contribution in [1.29, 1.82) is 0 Å². The van der Waals surface area contributed by atoms with Gasteiger partial charge in [0.05, 0.1) is 37.1 Å². The Labute approximate surface area is 221 Å². The van der Waals surface area contributed by atoms with Gasteiger partial charge in [0, 0.05) is 42.4 Å². The Morgan fingerprint density at radius 3 is 2.45 bits per heavy atom. The van der Waals surface area contributed by atoms with Crippen molar-refractivity contribution in [2.75, 3.05) is 19.0 Å². The lowest BCUT2D eigenvalue weighted by Gasteiger charge is -2.25. The lowest BCUT2D eigenvalue weighted by atomic mass is 10.1. The van der Waals surface area contributed by atoms with Gasteiger partial charge in [0.1, 0.15) is 17.4 Å². The van der Waals surface area contributed by atoms with Gasteiger partial charge in [-0.3, -0.25) is 9.48 Å². The second-order valence-corrected chi connectivity index (χ2v) is 9.72. The number of rotatable bonds is 8. The third kappa shape index (κ3) is 5.44. The SMILES string of the molecule is Cc1cc(C)n(Cc2ccc(C(=O)N(Cc3ccco3)Cc3cc4ccc(F)cc4nc3N(C)C)cc2)n1. The highest BCUT2D eigenvalue weighted by atomic mass is 19.1. The number of halogens is 1. The molecule has 0 aliphatic heterocycles. The van der Waals surface area contributed by atoms with Crippen molar-refractivity contribution in [3.63, 3.8) is 0 Å². The van der Waals surface area contributed by atoms with E-state index < -0.39 is 0 Å². The Balaban J connectivity index is 1.44. The predicted molar refractivity (Wildman–Crippen MR) is 146 cm³/mol. The van der Waals surface area contributed by atoms with E-state index in [1.807, 2.05) is 86.1 Å². The minimum absolute atomic E-state index is 0.122. The van der Waals surface area contributed by atoms with Crippen molar-refractivity contribution in [3.05, 3.63) is 113 Å².